The van der Waals surface area contributed by atoms with Gasteiger partial charge in [-0.1, -0.05) is 12.1 Å². The monoisotopic (exact) mass is 385 g/mol. The van der Waals surface area contributed by atoms with E-state index in [-0.39, 0.29) is 23.7 Å². The van der Waals surface area contributed by atoms with Gasteiger partial charge in [0.1, 0.15) is 5.01 Å². The zero-order chi connectivity index (χ0) is 19.4. The summed E-state index contributed by atoms with van der Waals surface area (Å²) in [4.78, 5) is 15.7. The third-order valence-electron chi connectivity index (χ3n) is 4.02. The zero-order valence-corrected chi connectivity index (χ0v) is 15.7. The summed E-state index contributed by atoms with van der Waals surface area (Å²) in [6, 6.07) is 11.1. The van der Waals surface area contributed by atoms with E-state index in [0.717, 1.165) is 26.4 Å². The average Bonchev–Trinajstić information content (AvgIpc) is 3.09. The molecule has 0 bridgehead atoms. The van der Waals surface area contributed by atoms with Crippen LogP contribution in [-0.2, 0) is 4.79 Å². The van der Waals surface area contributed by atoms with Gasteiger partial charge in [0.2, 0.25) is 5.75 Å². The number of benzene rings is 2. The molecule has 0 fully saturated rings. The molecular formula is C20H19NO5S. The van der Waals surface area contributed by atoms with Crippen LogP contribution in [-0.4, -0.2) is 35.4 Å². The highest BCUT2D eigenvalue weighted by atomic mass is 32.1. The van der Waals surface area contributed by atoms with E-state index >= 15 is 0 Å². The Morgan fingerprint density at radius 2 is 1.81 bits per heavy atom. The van der Waals surface area contributed by atoms with Crippen molar-refractivity contribution in [2.75, 3.05) is 14.2 Å². The maximum Gasteiger partial charge on any atom is 0.303 e. The number of carbonyl (C=O) groups is 1. The van der Waals surface area contributed by atoms with Crippen molar-refractivity contribution >= 4 is 39.2 Å². The fourth-order valence-corrected chi connectivity index (χ4v) is 3.70. The Kier molecular flexibility index (Phi) is 5.61. The van der Waals surface area contributed by atoms with Gasteiger partial charge in [-0.2, -0.15) is 0 Å². The molecule has 27 heavy (non-hydrogen) atoms. The summed E-state index contributed by atoms with van der Waals surface area (Å²) in [7, 11) is 2.92. The summed E-state index contributed by atoms with van der Waals surface area (Å²) >= 11 is 1.52. The molecule has 0 aliphatic rings. The van der Waals surface area contributed by atoms with Crippen molar-refractivity contribution in [1.82, 2.24) is 4.98 Å². The number of aromatic hydroxyl groups is 1. The molecule has 6 nitrogen and oxygen atoms in total. The van der Waals surface area contributed by atoms with E-state index in [2.05, 4.69) is 4.98 Å². The second-order valence-electron chi connectivity index (χ2n) is 5.82. The van der Waals surface area contributed by atoms with Crippen molar-refractivity contribution in [1.29, 1.82) is 0 Å². The number of methoxy groups -OCH3 is 2. The zero-order valence-electron chi connectivity index (χ0n) is 14.9. The van der Waals surface area contributed by atoms with Crippen molar-refractivity contribution in [2.45, 2.75) is 12.8 Å². The van der Waals surface area contributed by atoms with Crippen LogP contribution in [0.3, 0.4) is 0 Å². The number of allylic oxidation sites excluding steroid dienone is 1. The highest BCUT2D eigenvalue weighted by Crippen LogP contribution is 2.39. The predicted octanol–water partition coefficient (Wildman–Crippen LogP) is 4.42. The summed E-state index contributed by atoms with van der Waals surface area (Å²) in [5.41, 5.74) is 2.40. The summed E-state index contributed by atoms with van der Waals surface area (Å²) in [5, 5.41) is 19.9. The van der Waals surface area contributed by atoms with Crippen LogP contribution in [0.5, 0.6) is 17.2 Å². The summed E-state index contributed by atoms with van der Waals surface area (Å²) in [6.45, 7) is 0. The van der Waals surface area contributed by atoms with Crippen LogP contribution in [0.4, 0.5) is 0 Å². The fraction of sp³-hybridized carbons (Fsp3) is 0.200. The topological polar surface area (TPSA) is 88.9 Å². The molecule has 0 aliphatic carbocycles. The first-order valence-corrected chi connectivity index (χ1v) is 9.06. The molecule has 1 aromatic heterocycles. The second-order valence-corrected chi connectivity index (χ2v) is 6.85. The molecule has 0 saturated heterocycles. The maximum atomic E-state index is 11.1. The molecule has 0 amide bonds. The van der Waals surface area contributed by atoms with E-state index in [9.17, 15) is 9.90 Å². The first-order chi connectivity index (χ1) is 13.0. The van der Waals surface area contributed by atoms with Crippen LogP contribution in [0.25, 0.3) is 21.9 Å². The minimum absolute atomic E-state index is 0.00584. The lowest BCUT2D eigenvalue weighted by Crippen LogP contribution is -1.96. The normalized spacial score (nSPS) is 11.6. The number of carboxylic acid groups (broad SMARTS) is 1. The van der Waals surface area contributed by atoms with Crippen LogP contribution in [0.2, 0.25) is 0 Å². The maximum absolute atomic E-state index is 11.1. The van der Waals surface area contributed by atoms with E-state index in [0.29, 0.717) is 6.42 Å². The summed E-state index contributed by atoms with van der Waals surface area (Å²) in [6.07, 6.45) is 2.18. The van der Waals surface area contributed by atoms with Gasteiger partial charge in [0.05, 0.1) is 24.4 Å². The second kappa shape index (κ2) is 8.09. The summed E-state index contributed by atoms with van der Waals surface area (Å²) < 4.78 is 11.4. The molecule has 0 radical (unpaired) electrons. The molecule has 0 atom stereocenters. The van der Waals surface area contributed by atoms with E-state index in [1.54, 1.807) is 12.1 Å². The van der Waals surface area contributed by atoms with Gasteiger partial charge in [0.15, 0.2) is 11.5 Å². The standard InChI is InChI=1S/C20H19NO5S/c1-25-15-10-12(11-16(26-2)19(15)24)9-13(7-8-18(22)23)20-21-14-5-3-4-6-17(14)27-20/h3-6,9-11,24H,7-8H2,1-2H3,(H,22,23). The lowest BCUT2D eigenvalue weighted by Gasteiger charge is -2.10. The van der Waals surface area contributed by atoms with E-state index < -0.39 is 5.97 Å². The van der Waals surface area contributed by atoms with Gasteiger partial charge < -0.3 is 19.7 Å². The number of ether oxygens (including phenoxy) is 2. The van der Waals surface area contributed by atoms with Crippen molar-refractivity contribution < 1.29 is 24.5 Å². The Hall–Kier alpha value is -3.06. The van der Waals surface area contributed by atoms with Crippen molar-refractivity contribution in [2.24, 2.45) is 0 Å². The number of phenols is 1. The van der Waals surface area contributed by atoms with Crippen molar-refractivity contribution in [3.05, 3.63) is 47.0 Å². The molecule has 2 N–H and O–H groups in total. The molecule has 0 aliphatic heterocycles. The Morgan fingerprint density at radius 1 is 1.15 bits per heavy atom. The molecule has 3 aromatic rings. The molecule has 3 rings (SSSR count). The minimum atomic E-state index is -0.872. The number of thiazole rings is 1. The van der Waals surface area contributed by atoms with E-state index in [1.807, 2.05) is 30.3 Å². The number of hydrogen-bond acceptors (Lipinski definition) is 6. The van der Waals surface area contributed by atoms with Gasteiger partial charge in [-0.15, -0.1) is 11.3 Å². The first kappa shape index (κ1) is 18.7. The predicted molar refractivity (Wildman–Crippen MR) is 106 cm³/mol. The molecule has 0 unspecified atom stereocenters. The number of rotatable bonds is 7. The van der Waals surface area contributed by atoms with Gasteiger partial charge in [-0.25, -0.2) is 4.98 Å². The molecule has 2 aromatic carbocycles. The molecule has 140 valence electrons. The number of phenolic OH excluding ortho intramolecular Hbond substituents is 1. The highest BCUT2D eigenvalue weighted by molar-refractivity contribution is 7.19. The van der Waals surface area contributed by atoms with Gasteiger partial charge in [0.25, 0.3) is 0 Å². The number of aliphatic carboxylic acids is 1. The third kappa shape index (κ3) is 4.20. The highest BCUT2D eigenvalue weighted by Gasteiger charge is 2.14. The average molecular weight is 385 g/mol. The SMILES string of the molecule is COc1cc(C=C(CCC(=O)O)c2nc3ccccc3s2)cc(OC)c1O. The van der Waals surface area contributed by atoms with Crippen LogP contribution < -0.4 is 9.47 Å². The van der Waals surface area contributed by atoms with Gasteiger partial charge >= 0.3 is 5.97 Å². The van der Waals surface area contributed by atoms with Gasteiger partial charge in [-0.3, -0.25) is 4.79 Å². The lowest BCUT2D eigenvalue weighted by molar-refractivity contribution is -0.136. The number of carboxylic acids is 1. The Bertz CT molecular complexity index is 951. The number of nitrogens with zero attached hydrogens (tertiary/aromatic N) is 1. The van der Waals surface area contributed by atoms with Crippen molar-refractivity contribution in [3.63, 3.8) is 0 Å². The molecular weight excluding hydrogens is 366 g/mol. The Morgan fingerprint density at radius 3 is 2.41 bits per heavy atom. The number of aromatic nitrogens is 1. The molecule has 7 heteroatoms. The first-order valence-electron chi connectivity index (χ1n) is 8.25. The van der Waals surface area contributed by atoms with Crippen molar-refractivity contribution in [3.8, 4) is 17.2 Å². The Labute approximate surface area is 160 Å². The van der Waals surface area contributed by atoms with E-state index in [4.69, 9.17) is 14.6 Å². The molecule has 0 saturated carbocycles. The molecule has 1 heterocycles. The van der Waals surface area contributed by atoms with Crippen LogP contribution in [0.15, 0.2) is 36.4 Å². The number of hydrogen-bond donors (Lipinski definition) is 2. The smallest absolute Gasteiger partial charge is 0.303 e. The largest absolute Gasteiger partial charge is 0.502 e. The van der Waals surface area contributed by atoms with Crippen LogP contribution >= 0.6 is 11.3 Å². The number of fused-ring (bicyclic) bond motifs is 1. The fourth-order valence-electron chi connectivity index (χ4n) is 2.69. The number of para-hydroxylation sites is 1. The minimum Gasteiger partial charge on any atom is -0.502 e. The quantitative estimate of drug-likeness (QED) is 0.626. The van der Waals surface area contributed by atoms with E-state index in [1.165, 1.54) is 25.6 Å². The van der Waals surface area contributed by atoms with Gasteiger partial charge in [0, 0.05) is 6.42 Å². The third-order valence-corrected chi connectivity index (χ3v) is 5.13. The van der Waals surface area contributed by atoms with Gasteiger partial charge in [-0.05, 0) is 47.9 Å². The van der Waals surface area contributed by atoms with Crippen LogP contribution in [0, 0.1) is 0 Å². The summed E-state index contributed by atoms with van der Waals surface area (Å²) in [5.74, 6) is -0.392. The Balaban J connectivity index is 2.08. The van der Waals surface area contributed by atoms with Crippen LogP contribution in [0.1, 0.15) is 23.4 Å². The molecule has 0 spiro atoms. The lowest BCUT2D eigenvalue weighted by atomic mass is 10.1.